The van der Waals surface area contributed by atoms with Crippen molar-refractivity contribution in [2.75, 3.05) is 13.1 Å². The Kier molecular flexibility index (Phi) is 6.15. The Bertz CT molecular complexity index is 470. The Morgan fingerprint density at radius 1 is 1.30 bits per heavy atom. The summed E-state index contributed by atoms with van der Waals surface area (Å²) in [4.78, 5) is 28.8. The van der Waals surface area contributed by atoms with Crippen molar-refractivity contribution in [1.29, 1.82) is 0 Å². The van der Waals surface area contributed by atoms with Crippen LogP contribution in [-0.2, 0) is 0 Å². The van der Waals surface area contributed by atoms with Gasteiger partial charge >= 0.3 is 5.97 Å². The maximum Gasteiger partial charge on any atom is 0.354 e. The van der Waals surface area contributed by atoms with Gasteiger partial charge in [-0.15, -0.1) is 0 Å². The van der Waals surface area contributed by atoms with Gasteiger partial charge in [-0.05, 0) is 25.0 Å². The molecule has 110 valence electrons. The van der Waals surface area contributed by atoms with Crippen LogP contribution in [0.3, 0.4) is 0 Å². The Morgan fingerprint density at radius 2 is 1.95 bits per heavy atom. The molecular formula is C15H22N2O3. The normalized spacial score (nSPS) is 10.6. The molecule has 5 heteroatoms. The number of carboxylic acid groups (broad SMARTS) is 1. The summed E-state index contributed by atoms with van der Waals surface area (Å²) in [6.45, 7) is 7.47. The highest BCUT2D eigenvalue weighted by molar-refractivity contribution is 5.96. The van der Waals surface area contributed by atoms with Crippen LogP contribution in [0.15, 0.2) is 18.3 Å². The van der Waals surface area contributed by atoms with E-state index in [1.165, 1.54) is 12.3 Å². The van der Waals surface area contributed by atoms with Crippen molar-refractivity contribution in [3.05, 3.63) is 29.6 Å². The molecule has 0 bridgehead atoms. The van der Waals surface area contributed by atoms with E-state index in [2.05, 4.69) is 18.8 Å². The molecule has 0 fully saturated rings. The molecule has 1 rings (SSSR count). The van der Waals surface area contributed by atoms with Crippen LogP contribution in [0.25, 0.3) is 0 Å². The number of hydrogen-bond donors (Lipinski definition) is 1. The summed E-state index contributed by atoms with van der Waals surface area (Å²) in [5.74, 6) is -0.785. The summed E-state index contributed by atoms with van der Waals surface area (Å²) in [5, 5.41) is 8.92. The molecule has 0 aromatic carbocycles. The predicted molar refractivity (Wildman–Crippen MR) is 76.8 cm³/mol. The lowest BCUT2D eigenvalue weighted by Crippen LogP contribution is -2.35. The molecule has 1 heterocycles. The van der Waals surface area contributed by atoms with Crippen molar-refractivity contribution in [3.63, 3.8) is 0 Å². The van der Waals surface area contributed by atoms with Crippen molar-refractivity contribution < 1.29 is 14.7 Å². The minimum Gasteiger partial charge on any atom is -0.477 e. The first-order chi connectivity index (χ1) is 9.53. The van der Waals surface area contributed by atoms with Crippen LogP contribution in [0.2, 0.25) is 0 Å². The van der Waals surface area contributed by atoms with Gasteiger partial charge in [0, 0.05) is 24.8 Å². The van der Waals surface area contributed by atoms with Crippen LogP contribution < -0.4 is 0 Å². The molecule has 1 amide bonds. The molecule has 0 aliphatic carbocycles. The van der Waals surface area contributed by atoms with Crippen molar-refractivity contribution in [2.45, 2.75) is 33.6 Å². The maximum absolute atomic E-state index is 12.4. The molecule has 1 aromatic rings. The largest absolute Gasteiger partial charge is 0.477 e. The Labute approximate surface area is 119 Å². The molecule has 1 N–H and O–H groups in total. The molecule has 0 atom stereocenters. The van der Waals surface area contributed by atoms with Crippen molar-refractivity contribution in [1.82, 2.24) is 9.88 Å². The quantitative estimate of drug-likeness (QED) is 0.832. The number of hydrogen-bond acceptors (Lipinski definition) is 3. The number of aromatic carboxylic acids is 1. The monoisotopic (exact) mass is 278 g/mol. The first-order valence-corrected chi connectivity index (χ1v) is 7.02. The van der Waals surface area contributed by atoms with Gasteiger partial charge in [0.2, 0.25) is 0 Å². The lowest BCUT2D eigenvalue weighted by Gasteiger charge is -2.25. The third kappa shape index (κ3) is 4.05. The summed E-state index contributed by atoms with van der Waals surface area (Å²) in [7, 11) is 0. The van der Waals surface area contributed by atoms with Crippen LogP contribution in [0.5, 0.6) is 0 Å². The number of nitrogens with zero attached hydrogens (tertiary/aromatic N) is 2. The second kappa shape index (κ2) is 7.62. The molecule has 20 heavy (non-hydrogen) atoms. The first-order valence-electron chi connectivity index (χ1n) is 7.02. The minimum atomic E-state index is -1.12. The highest BCUT2D eigenvalue weighted by Gasteiger charge is 2.18. The van der Waals surface area contributed by atoms with Gasteiger partial charge in [0.1, 0.15) is 5.69 Å². The average molecular weight is 278 g/mol. The van der Waals surface area contributed by atoms with Crippen molar-refractivity contribution >= 4 is 11.9 Å². The summed E-state index contributed by atoms with van der Waals surface area (Å²) in [5.41, 5.74) is 0.277. The van der Waals surface area contributed by atoms with Crippen molar-refractivity contribution in [3.8, 4) is 0 Å². The third-order valence-electron chi connectivity index (χ3n) is 3.53. The number of pyridine rings is 1. The van der Waals surface area contributed by atoms with Crippen LogP contribution in [0, 0.1) is 5.92 Å². The van der Waals surface area contributed by atoms with E-state index in [0.717, 1.165) is 12.8 Å². The zero-order valence-electron chi connectivity index (χ0n) is 12.3. The zero-order valence-corrected chi connectivity index (χ0v) is 12.3. The second-order valence-electron chi connectivity index (χ2n) is 4.76. The Balaban J connectivity index is 2.90. The zero-order chi connectivity index (χ0) is 15.1. The average Bonchev–Trinajstić information content (AvgIpc) is 2.48. The smallest absolute Gasteiger partial charge is 0.354 e. The summed E-state index contributed by atoms with van der Waals surface area (Å²) in [6.07, 6.45) is 3.41. The molecule has 0 saturated heterocycles. The molecule has 0 saturated carbocycles. The third-order valence-corrected chi connectivity index (χ3v) is 3.53. The topological polar surface area (TPSA) is 70.5 Å². The number of amides is 1. The Morgan fingerprint density at radius 3 is 2.45 bits per heavy atom. The van der Waals surface area contributed by atoms with Gasteiger partial charge in [0.15, 0.2) is 0 Å². The fourth-order valence-corrected chi connectivity index (χ4v) is 2.08. The first kappa shape index (κ1) is 16.1. The van der Waals surface area contributed by atoms with Gasteiger partial charge in [0.25, 0.3) is 5.91 Å². The van der Waals surface area contributed by atoms with E-state index in [0.29, 0.717) is 24.6 Å². The molecule has 0 aliphatic heterocycles. The molecule has 0 spiro atoms. The van der Waals surface area contributed by atoms with Gasteiger partial charge in [-0.3, -0.25) is 4.79 Å². The van der Waals surface area contributed by atoms with E-state index >= 15 is 0 Å². The fraction of sp³-hybridized carbons (Fsp3) is 0.533. The van der Waals surface area contributed by atoms with Crippen molar-refractivity contribution in [2.24, 2.45) is 5.92 Å². The van der Waals surface area contributed by atoms with E-state index in [1.807, 2.05) is 6.92 Å². The highest BCUT2D eigenvalue weighted by Crippen LogP contribution is 2.13. The minimum absolute atomic E-state index is 0.102. The summed E-state index contributed by atoms with van der Waals surface area (Å²) < 4.78 is 0. The van der Waals surface area contributed by atoms with Gasteiger partial charge in [-0.1, -0.05) is 26.7 Å². The van der Waals surface area contributed by atoms with E-state index in [4.69, 9.17) is 5.11 Å². The summed E-state index contributed by atoms with van der Waals surface area (Å²) >= 11 is 0. The van der Waals surface area contributed by atoms with Gasteiger partial charge in [0.05, 0.1) is 0 Å². The molecule has 1 aromatic heterocycles. The lowest BCUT2D eigenvalue weighted by molar-refractivity contribution is 0.0690. The van der Waals surface area contributed by atoms with Gasteiger partial charge in [-0.2, -0.15) is 0 Å². The van der Waals surface area contributed by atoms with E-state index < -0.39 is 5.97 Å². The van der Waals surface area contributed by atoms with Crippen LogP contribution in [0.4, 0.5) is 0 Å². The Hall–Kier alpha value is -1.91. The van der Waals surface area contributed by atoms with Crippen LogP contribution in [-0.4, -0.2) is 40.0 Å². The second-order valence-corrected chi connectivity index (χ2v) is 4.76. The van der Waals surface area contributed by atoms with Crippen LogP contribution in [0.1, 0.15) is 54.5 Å². The van der Waals surface area contributed by atoms with Crippen LogP contribution >= 0.6 is 0 Å². The number of carboxylic acids is 1. The van der Waals surface area contributed by atoms with E-state index in [-0.39, 0.29) is 11.6 Å². The number of rotatable bonds is 7. The highest BCUT2D eigenvalue weighted by atomic mass is 16.4. The van der Waals surface area contributed by atoms with Gasteiger partial charge in [-0.25, -0.2) is 9.78 Å². The van der Waals surface area contributed by atoms with E-state index in [9.17, 15) is 9.59 Å². The van der Waals surface area contributed by atoms with E-state index in [1.54, 1.807) is 11.0 Å². The number of carbonyl (C=O) groups excluding carboxylic acids is 1. The molecular weight excluding hydrogens is 256 g/mol. The standard InChI is InChI=1S/C15H22N2O3/c1-4-11(5-2)10-17(6-3)14(18)12-7-8-16-13(9-12)15(19)20/h7-9,11H,4-6,10H2,1-3H3,(H,19,20). The fourth-order valence-electron chi connectivity index (χ4n) is 2.08. The van der Waals surface area contributed by atoms with Gasteiger partial charge < -0.3 is 10.0 Å². The lowest BCUT2D eigenvalue weighted by atomic mass is 10.0. The number of aromatic nitrogens is 1. The maximum atomic E-state index is 12.4. The molecule has 0 radical (unpaired) electrons. The predicted octanol–water partition coefficient (Wildman–Crippen LogP) is 2.68. The SMILES string of the molecule is CCC(CC)CN(CC)C(=O)c1ccnc(C(=O)O)c1. The summed E-state index contributed by atoms with van der Waals surface area (Å²) in [6, 6.07) is 2.89. The molecule has 0 unspecified atom stereocenters. The molecule has 0 aliphatic rings. The number of carbonyl (C=O) groups is 2. The molecule has 5 nitrogen and oxygen atoms in total.